The largest absolute Gasteiger partial charge is 0.423 e. The number of nitrogens with two attached hydrogens (primary N) is 1. The molecule has 4 heteroatoms. The highest BCUT2D eigenvalue weighted by molar-refractivity contribution is 5.72. The smallest absolute Gasteiger partial charge is 0.247 e. The van der Waals surface area contributed by atoms with E-state index in [1.807, 2.05) is 6.07 Å². The number of pyridine rings is 1. The van der Waals surface area contributed by atoms with E-state index in [2.05, 4.69) is 9.97 Å². The van der Waals surface area contributed by atoms with Crippen molar-refractivity contribution >= 4 is 11.2 Å². The van der Waals surface area contributed by atoms with Crippen molar-refractivity contribution < 1.29 is 4.42 Å². The maximum atomic E-state index is 5.52. The summed E-state index contributed by atoms with van der Waals surface area (Å²) in [4.78, 5) is 8.20. The van der Waals surface area contributed by atoms with Crippen LogP contribution in [0.5, 0.6) is 0 Å². The van der Waals surface area contributed by atoms with Crippen LogP contribution in [0, 0.1) is 6.92 Å². The minimum absolute atomic E-state index is 0.463. The molecule has 0 aliphatic heterocycles. The summed E-state index contributed by atoms with van der Waals surface area (Å²) in [7, 11) is 0. The van der Waals surface area contributed by atoms with Crippen LogP contribution >= 0.6 is 0 Å². The Morgan fingerprint density at radius 2 is 2.42 bits per heavy atom. The van der Waals surface area contributed by atoms with E-state index in [-0.39, 0.29) is 0 Å². The van der Waals surface area contributed by atoms with E-state index in [9.17, 15) is 0 Å². The first kappa shape index (κ1) is 7.24. The van der Waals surface area contributed by atoms with Crippen LogP contribution in [0.1, 0.15) is 11.5 Å². The number of aryl methyl sites for hydroxylation is 1. The van der Waals surface area contributed by atoms with Gasteiger partial charge in [0.15, 0.2) is 5.89 Å². The van der Waals surface area contributed by atoms with Gasteiger partial charge in [-0.25, -0.2) is 9.97 Å². The van der Waals surface area contributed by atoms with Gasteiger partial charge in [0.2, 0.25) is 5.71 Å². The maximum absolute atomic E-state index is 5.52. The van der Waals surface area contributed by atoms with Gasteiger partial charge in [-0.3, -0.25) is 0 Å². The molecule has 4 nitrogen and oxygen atoms in total. The summed E-state index contributed by atoms with van der Waals surface area (Å²) in [6, 6.07) is 1.85. The molecule has 0 aromatic carbocycles. The number of oxazole rings is 1. The minimum atomic E-state index is 0.463. The van der Waals surface area contributed by atoms with Gasteiger partial charge in [-0.05, 0) is 11.6 Å². The molecule has 0 saturated heterocycles. The Kier molecular flexibility index (Phi) is 1.55. The van der Waals surface area contributed by atoms with Crippen molar-refractivity contribution in [3.8, 4) is 0 Å². The second-order valence-corrected chi connectivity index (χ2v) is 2.56. The summed E-state index contributed by atoms with van der Waals surface area (Å²) in [6.45, 7) is 2.26. The van der Waals surface area contributed by atoms with Gasteiger partial charge in [0.25, 0.3) is 0 Å². The van der Waals surface area contributed by atoms with E-state index in [4.69, 9.17) is 10.2 Å². The normalized spacial score (nSPS) is 10.8. The van der Waals surface area contributed by atoms with Crippen molar-refractivity contribution in [1.29, 1.82) is 0 Å². The van der Waals surface area contributed by atoms with Crippen LogP contribution in [-0.4, -0.2) is 9.97 Å². The van der Waals surface area contributed by atoms with Crippen molar-refractivity contribution in [3.05, 3.63) is 23.7 Å². The zero-order valence-corrected chi connectivity index (χ0v) is 6.74. The van der Waals surface area contributed by atoms with Crippen LogP contribution in [0.15, 0.2) is 16.7 Å². The van der Waals surface area contributed by atoms with Crippen LogP contribution in [0.4, 0.5) is 0 Å². The predicted octanol–water partition coefficient (Wildman–Crippen LogP) is 0.990. The molecular weight excluding hydrogens is 154 g/mol. The Balaban J connectivity index is 2.78. The summed E-state index contributed by atoms with van der Waals surface area (Å²) in [5.41, 5.74) is 7.83. The fraction of sp³-hybridized carbons (Fsp3) is 0.250. The van der Waals surface area contributed by atoms with Gasteiger partial charge in [-0.2, -0.15) is 0 Å². The zero-order chi connectivity index (χ0) is 8.55. The lowest BCUT2D eigenvalue weighted by atomic mass is 10.2. The van der Waals surface area contributed by atoms with E-state index in [0.717, 1.165) is 11.1 Å². The van der Waals surface area contributed by atoms with Gasteiger partial charge in [0, 0.05) is 19.7 Å². The molecule has 62 valence electrons. The van der Waals surface area contributed by atoms with Crippen LogP contribution in [-0.2, 0) is 6.54 Å². The van der Waals surface area contributed by atoms with E-state index >= 15 is 0 Å². The summed E-state index contributed by atoms with van der Waals surface area (Å²) in [6.07, 6.45) is 1.68. The Hall–Kier alpha value is -1.42. The van der Waals surface area contributed by atoms with Gasteiger partial charge in [0.1, 0.15) is 5.52 Å². The SMILES string of the molecule is Cc1nc2c(CN)ccnc2o1. The van der Waals surface area contributed by atoms with Crippen molar-refractivity contribution in [1.82, 2.24) is 9.97 Å². The maximum Gasteiger partial charge on any atom is 0.247 e. The quantitative estimate of drug-likeness (QED) is 0.680. The molecular formula is C8H9N3O. The predicted molar refractivity (Wildman–Crippen MR) is 44.4 cm³/mol. The van der Waals surface area contributed by atoms with Gasteiger partial charge in [-0.15, -0.1) is 0 Å². The fourth-order valence-electron chi connectivity index (χ4n) is 1.15. The number of rotatable bonds is 1. The molecule has 0 aliphatic rings. The average Bonchev–Trinajstić information content (AvgIpc) is 2.44. The second-order valence-electron chi connectivity index (χ2n) is 2.56. The zero-order valence-electron chi connectivity index (χ0n) is 6.74. The Morgan fingerprint density at radius 3 is 3.17 bits per heavy atom. The highest BCUT2D eigenvalue weighted by Crippen LogP contribution is 2.15. The van der Waals surface area contributed by atoms with Crippen molar-refractivity contribution in [3.63, 3.8) is 0 Å². The number of hydrogen-bond acceptors (Lipinski definition) is 4. The molecule has 2 rings (SSSR count). The molecule has 0 unspecified atom stereocenters. The number of aromatic nitrogens is 2. The molecule has 0 spiro atoms. The average molecular weight is 163 g/mol. The van der Waals surface area contributed by atoms with Crippen molar-refractivity contribution in [2.45, 2.75) is 13.5 Å². The molecule has 0 aliphatic carbocycles. The minimum Gasteiger partial charge on any atom is -0.423 e. The van der Waals surface area contributed by atoms with Crippen LogP contribution < -0.4 is 5.73 Å². The summed E-state index contributed by atoms with van der Waals surface area (Å²) >= 11 is 0. The van der Waals surface area contributed by atoms with E-state index in [0.29, 0.717) is 18.1 Å². The first-order valence-electron chi connectivity index (χ1n) is 3.72. The van der Waals surface area contributed by atoms with Crippen molar-refractivity contribution in [2.24, 2.45) is 5.73 Å². The van der Waals surface area contributed by atoms with Crippen LogP contribution in [0.25, 0.3) is 11.2 Å². The second kappa shape index (κ2) is 2.57. The highest BCUT2D eigenvalue weighted by atomic mass is 16.4. The van der Waals surface area contributed by atoms with Crippen LogP contribution in [0.2, 0.25) is 0 Å². The number of fused-ring (bicyclic) bond motifs is 1. The molecule has 2 heterocycles. The van der Waals surface area contributed by atoms with Gasteiger partial charge < -0.3 is 10.2 Å². The van der Waals surface area contributed by atoms with Gasteiger partial charge >= 0.3 is 0 Å². The lowest BCUT2D eigenvalue weighted by molar-refractivity contribution is 0.551. The molecule has 2 aromatic rings. The van der Waals surface area contributed by atoms with Gasteiger partial charge in [-0.1, -0.05) is 0 Å². The molecule has 2 N–H and O–H groups in total. The molecule has 12 heavy (non-hydrogen) atoms. The Morgan fingerprint density at radius 1 is 1.58 bits per heavy atom. The third kappa shape index (κ3) is 0.967. The third-order valence-corrected chi connectivity index (χ3v) is 1.71. The van der Waals surface area contributed by atoms with Gasteiger partial charge in [0.05, 0.1) is 0 Å². The number of hydrogen-bond donors (Lipinski definition) is 1. The summed E-state index contributed by atoms with van der Waals surface area (Å²) in [5, 5.41) is 0. The highest BCUT2D eigenvalue weighted by Gasteiger charge is 2.06. The topological polar surface area (TPSA) is 64.9 Å². The van der Waals surface area contributed by atoms with Crippen LogP contribution in [0.3, 0.4) is 0 Å². The van der Waals surface area contributed by atoms with Crippen molar-refractivity contribution in [2.75, 3.05) is 0 Å². The molecule has 0 radical (unpaired) electrons. The van der Waals surface area contributed by atoms with E-state index in [1.54, 1.807) is 13.1 Å². The Bertz CT molecular complexity index is 408. The lowest BCUT2D eigenvalue weighted by Crippen LogP contribution is -1.97. The lowest BCUT2D eigenvalue weighted by Gasteiger charge is -1.93. The molecule has 0 fully saturated rings. The summed E-state index contributed by atoms with van der Waals surface area (Å²) < 4.78 is 5.23. The molecule has 0 amide bonds. The Labute approximate surface area is 69.4 Å². The number of nitrogens with zero attached hydrogens (tertiary/aromatic N) is 2. The fourth-order valence-corrected chi connectivity index (χ4v) is 1.15. The molecule has 0 bridgehead atoms. The first-order valence-corrected chi connectivity index (χ1v) is 3.72. The molecule has 0 saturated carbocycles. The molecule has 2 aromatic heterocycles. The standard InChI is InChI=1S/C8H9N3O/c1-5-11-7-6(4-9)2-3-10-8(7)12-5/h2-3H,4,9H2,1H3. The van der Waals surface area contributed by atoms with E-state index in [1.165, 1.54) is 0 Å². The van der Waals surface area contributed by atoms with E-state index < -0.39 is 0 Å². The first-order chi connectivity index (χ1) is 5.81. The monoisotopic (exact) mass is 163 g/mol. The molecule has 0 atom stereocenters. The summed E-state index contributed by atoms with van der Waals surface area (Å²) in [5.74, 6) is 0.624. The third-order valence-electron chi connectivity index (χ3n) is 1.71.